The van der Waals surface area contributed by atoms with E-state index in [2.05, 4.69) is 4.90 Å². The highest BCUT2D eigenvalue weighted by atomic mass is 35.5. The van der Waals surface area contributed by atoms with Gasteiger partial charge in [-0.2, -0.15) is 0 Å². The van der Waals surface area contributed by atoms with Crippen molar-refractivity contribution in [1.82, 2.24) is 0 Å². The number of ether oxygens (including phenoxy) is 2. The summed E-state index contributed by atoms with van der Waals surface area (Å²) in [5, 5.41) is 1.19. The number of hydrogen-bond donors (Lipinski definition) is 0. The molecule has 2 aliphatic heterocycles. The van der Waals surface area contributed by atoms with Gasteiger partial charge in [-0.05, 0) is 18.2 Å². The third-order valence-corrected chi connectivity index (χ3v) is 4.35. The molecule has 18 heavy (non-hydrogen) atoms. The quantitative estimate of drug-likeness (QED) is 0.791. The Morgan fingerprint density at radius 1 is 1.00 bits per heavy atom. The molecule has 0 bridgehead atoms. The standard InChI is InChI=1S/C13H15Cl2NO2/c14-11-2-1-10(9-12(11)15)16-5-3-13(4-6-16)17-7-8-18-13/h1-2,9H,3-8H2. The first kappa shape index (κ1) is 12.5. The zero-order valence-corrected chi connectivity index (χ0v) is 11.5. The van der Waals surface area contributed by atoms with Crippen LogP contribution in [0.25, 0.3) is 0 Å². The van der Waals surface area contributed by atoms with Crippen molar-refractivity contribution < 1.29 is 9.47 Å². The van der Waals surface area contributed by atoms with Gasteiger partial charge in [-0.15, -0.1) is 0 Å². The van der Waals surface area contributed by atoms with Crippen LogP contribution in [0.5, 0.6) is 0 Å². The first-order valence-electron chi connectivity index (χ1n) is 6.16. The second-order valence-electron chi connectivity index (χ2n) is 4.69. The molecule has 0 amide bonds. The maximum absolute atomic E-state index is 6.05. The fourth-order valence-electron chi connectivity index (χ4n) is 2.57. The van der Waals surface area contributed by atoms with E-state index >= 15 is 0 Å². The summed E-state index contributed by atoms with van der Waals surface area (Å²) in [5.41, 5.74) is 1.11. The summed E-state index contributed by atoms with van der Waals surface area (Å²) in [6.07, 6.45) is 1.79. The summed E-state index contributed by atoms with van der Waals surface area (Å²) in [6.45, 7) is 3.26. The number of halogens is 2. The molecular formula is C13H15Cl2NO2. The Morgan fingerprint density at radius 3 is 2.28 bits per heavy atom. The van der Waals surface area contributed by atoms with Crippen LogP contribution in [-0.2, 0) is 9.47 Å². The van der Waals surface area contributed by atoms with Gasteiger partial charge in [0, 0.05) is 31.6 Å². The average Bonchev–Trinajstić information content (AvgIpc) is 2.82. The highest BCUT2D eigenvalue weighted by molar-refractivity contribution is 6.42. The van der Waals surface area contributed by atoms with Crippen molar-refractivity contribution in [3.63, 3.8) is 0 Å². The number of anilines is 1. The maximum atomic E-state index is 6.05. The fraction of sp³-hybridized carbons (Fsp3) is 0.538. The Balaban J connectivity index is 1.70. The lowest BCUT2D eigenvalue weighted by Gasteiger charge is -2.38. The van der Waals surface area contributed by atoms with Crippen molar-refractivity contribution in [2.45, 2.75) is 18.6 Å². The molecule has 3 rings (SSSR count). The van der Waals surface area contributed by atoms with E-state index in [-0.39, 0.29) is 5.79 Å². The molecule has 0 atom stereocenters. The highest BCUT2D eigenvalue weighted by Gasteiger charge is 2.39. The maximum Gasteiger partial charge on any atom is 0.171 e. The van der Waals surface area contributed by atoms with Crippen LogP contribution in [0, 0.1) is 0 Å². The van der Waals surface area contributed by atoms with Crippen molar-refractivity contribution in [2.24, 2.45) is 0 Å². The third kappa shape index (κ3) is 2.32. The molecule has 1 aromatic rings. The second-order valence-corrected chi connectivity index (χ2v) is 5.51. The number of hydrogen-bond acceptors (Lipinski definition) is 3. The van der Waals surface area contributed by atoms with Crippen LogP contribution in [-0.4, -0.2) is 32.1 Å². The van der Waals surface area contributed by atoms with E-state index in [1.54, 1.807) is 0 Å². The van der Waals surface area contributed by atoms with Crippen molar-refractivity contribution in [3.8, 4) is 0 Å². The van der Waals surface area contributed by atoms with E-state index in [1.165, 1.54) is 0 Å². The molecule has 0 N–H and O–H groups in total. The molecular weight excluding hydrogens is 273 g/mol. The van der Waals surface area contributed by atoms with Crippen LogP contribution in [0.4, 0.5) is 5.69 Å². The molecule has 2 aliphatic rings. The molecule has 0 aliphatic carbocycles. The predicted octanol–water partition coefficient (Wildman–Crippen LogP) is 3.34. The van der Waals surface area contributed by atoms with Gasteiger partial charge in [-0.25, -0.2) is 0 Å². The Morgan fingerprint density at radius 2 is 1.67 bits per heavy atom. The molecule has 0 aromatic heterocycles. The van der Waals surface area contributed by atoms with Crippen molar-refractivity contribution >= 4 is 28.9 Å². The lowest BCUT2D eigenvalue weighted by Crippen LogP contribution is -2.45. The number of piperidine rings is 1. The molecule has 1 spiro atoms. The number of benzene rings is 1. The van der Waals surface area contributed by atoms with Crippen molar-refractivity contribution in [2.75, 3.05) is 31.2 Å². The Labute approximate surface area is 117 Å². The van der Waals surface area contributed by atoms with E-state index < -0.39 is 0 Å². The molecule has 98 valence electrons. The minimum absolute atomic E-state index is 0.327. The van der Waals surface area contributed by atoms with E-state index in [0.29, 0.717) is 23.3 Å². The molecule has 0 saturated carbocycles. The summed E-state index contributed by atoms with van der Waals surface area (Å²) in [6, 6.07) is 5.76. The molecule has 1 aromatic carbocycles. The van der Waals surface area contributed by atoms with Gasteiger partial charge in [0.2, 0.25) is 0 Å². The zero-order valence-electron chi connectivity index (χ0n) is 9.99. The predicted molar refractivity (Wildman–Crippen MR) is 72.5 cm³/mol. The average molecular weight is 288 g/mol. The second kappa shape index (κ2) is 4.89. The van der Waals surface area contributed by atoms with E-state index in [0.717, 1.165) is 31.6 Å². The lowest BCUT2D eigenvalue weighted by molar-refractivity contribution is -0.169. The lowest BCUT2D eigenvalue weighted by atomic mass is 10.0. The molecule has 2 saturated heterocycles. The summed E-state index contributed by atoms with van der Waals surface area (Å²) in [4.78, 5) is 2.29. The molecule has 5 heteroatoms. The van der Waals surface area contributed by atoms with Crippen LogP contribution in [0.3, 0.4) is 0 Å². The minimum Gasteiger partial charge on any atom is -0.371 e. The van der Waals surface area contributed by atoms with Gasteiger partial charge in [0.15, 0.2) is 5.79 Å². The summed E-state index contributed by atoms with van der Waals surface area (Å²) < 4.78 is 11.4. The summed E-state index contributed by atoms with van der Waals surface area (Å²) >= 11 is 12.0. The monoisotopic (exact) mass is 287 g/mol. The molecule has 2 fully saturated rings. The topological polar surface area (TPSA) is 21.7 Å². The van der Waals surface area contributed by atoms with Gasteiger partial charge < -0.3 is 14.4 Å². The highest BCUT2D eigenvalue weighted by Crippen LogP contribution is 2.34. The third-order valence-electron chi connectivity index (χ3n) is 3.61. The first-order chi connectivity index (χ1) is 8.69. The van der Waals surface area contributed by atoms with Crippen molar-refractivity contribution in [1.29, 1.82) is 0 Å². The fourth-order valence-corrected chi connectivity index (χ4v) is 2.87. The van der Waals surface area contributed by atoms with Crippen LogP contribution in [0.2, 0.25) is 10.0 Å². The zero-order chi connectivity index (χ0) is 12.6. The van der Waals surface area contributed by atoms with Gasteiger partial charge in [0.1, 0.15) is 0 Å². The Kier molecular flexibility index (Phi) is 3.41. The van der Waals surface area contributed by atoms with Gasteiger partial charge in [-0.3, -0.25) is 0 Å². The van der Waals surface area contributed by atoms with Crippen LogP contribution >= 0.6 is 23.2 Å². The van der Waals surface area contributed by atoms with Crippen LogP contribution < -0.4 is 4.90 Å². The minimum atomic E-state index is -0.327. The Bertz CT molecular complexity index is 437. The Hall–Kier alpha value is -0.480. The van der Waals surface area contributed by atoms with E-state index in [9.17, 15) is 0 Å². The SMILES string of the molecule is Clc1ccc(N2CCC3(CC2)OCCO3)cc1Cl. The molecule has 3 nitrogen and oxygen atoms in total. The molecule has 0 unspecified atom stereocenters. The first-order valence-corrected chi connectivity index (χ1v) is 6.92. The largest absolute Gasteiger partial charge is 0.371 e. The summed E-state index contributed by atoms with van der Waals surface area (Å²) in [7, 11) is 0. The molecule has 0 radical (unpaired) electrons. The van der Waals surface area contributed by atoms with Gasteiger partial charge in [-0.1, -0.05) is 23.2 Å². The summed E-state index contributed by atoms with van der Waals surface area (Å²) in [5.74, 6) is -0.327. The number of rotatable bonds is 1. The smallest absolute Gasteiger partial charge is 0.171 e. The van der Waals surface area contributed by atoms with Gasteiger partial charge >= 0.3 is 0 Å². The van der Waals surface area contributed by atoms with Crippen LogP contribution in [0.15, 0.2) is 18.2 Å². The van der Waals surface area contributed by atoms with Crippen molar-refractivity contribution in [3.05, 3.63) is 28.2 Å². The number of nitrogens with zero attached hydrogens (tertiary/aromatic N) is 1. The van der Waals surface area contributed by atoms with E-state index in [4.69, 9.17) is 32.7 Å². The van der Waals surface area contributed by atoms with Gasteiger partial charge in [0.25, 0.3) is 0 Å². The van der Waals surface area contributed by atoms with Crippen LogP contribution in [0.1, 0.15) is 12.8 Å². The van der Waals surface area contributed by atoms with E-state index in [1.807, 2.05) is 18.2 Å². The molecule has 2 heterocycles. The van der Waals surface area contributed by atoms with Gasteiger partial charge in [0.05, 0.1) is 23.3 Å². The normalized spacial score (nSPS) is 22.7.